The predicted molar refractivity (Wildman–Crippen MR) is 82.9 cm³/mol. The van der Waals surface area contributed by atoms with Crippen molar-refractivity contribution < 1.29 is 26.8 Å². The summed E-state index contributed by atoms with van der Waals surface area (Å²) in [5.74, 6) is -2.37. The molecule has 0 atom stereocenters. The number of ether oxygens (including phenoxy) is 1. The summed E-state index contributed by atoms with van der Waals surface area (Å²) in [6.07, 6.45) is -4.79. The van der Waals surface area contributed by atoms with Crippen LogP contribution in [0.2, 0.25) is 0 Å². The Balaban J connectivity index is 1.53. The van der Waals surface area contributed by atoms with Gasteiger partial charge in [0.25, 0.3) is 0 Å². The van der Waals surface area contributed by atoms with E-state index in [-0.39, 0.29) is 12.2 Å². The molecule has 2 heterocycles. The number of halogens is 4. The summed E-state index contributed by atoms with van der Waals surface area (Å²) in [5.41, 5.74) is 1.39. The number of alkyl halides is 3. The summed E-state index contributed by atoms with van der Waals surface area (Å²) in [6, 6.07) is 9.05. The molecule has 2 aromatic carbocycles. The highest BCUT2D eigenvalue weighted by Crippen LogP contribution is 2.30. The zero-order valence-electron chi connectivity index (χ0n) is 13.3. The molecule has 0 spiro atoms. The van der Waals surface area contributed by atoms with E-state index in [0.29, 0.717) is 22.3 Å². The van der Waals surface area contributed by atoms with Gasteiger partial charge in [0, 0.05) is 0 Å². The molecule has 0 fully saturated rings. The maximum absolute atomic E-state index is 14.3. The van der Waals surface area contributed by atoms with Crippen LogP contribution in [0, 0.1) is 5.82 Å². The highest BCUT2D eigenvalue weighted by molar-refractivity contribution is 5.80. The Bertz CT molecular complexity index is 1110. The summed E-state index contributed by atoms with van der Waals surface area (Å²) >= 11 is 0. The van der Waals surface area contributed by atoms with Crippen molar-refractivity contribution >= 4 is 11.0 Å². The Morgan fingerprint density at radius 3 is 2.70 bits per heavy atom. The van der Waals surface area contributed by atoms with Gasteiger partial charge in [-0.25, -0.2) is 4.39 Å². The molecule has 7 nitrogen and oxygen atoms in total. The van der Waals surface area contributed by atoms with Gasteiger partial charge in [-0.1, -0.05) is 17.3 Å². The van der Waals surface area contributed by atoms with E-state index in [1.807, 2.05) is 0 Å². The number of nitrogens with zero attached hydrogens (tertiary/aromatic N) is 4. The van der Waals surface area contributed by atoms with Crippen molar-refractivity contribution in [3.8, 4) is 17.1 Å². The molecule has 0 aliphatic rings. The number of aromatic amines is 1. The molecule has 4 aromatic rings. The Morgan fingerprint density at radius 2 is 1.96 bits per heavy atom. The quantitative estimate of drug-likeness (QED) is 0.543. The number of para-hydroxylation sites is 1. The van der Waals surface area contributed by atoms with Crippen LogP contribution in [0.1, 0.15) is 11.5 Å². The third-order valence-electron chi connectivity index (χ3n) is 3.65. The van der Waals surface area contributed by atoms with Gasteiger partial charge in [-0.15, -0.1) is 0 Å². The first-order valence-corrected chi connectivity index (χ1v) is 7.54. The molecule has 11 heteroatoms. The fourth-order valence-electron chi connectivity index (χ4n) is 2.40. The van der Waals surface area contributed by atoms with E-state index in [9.17, 15) is 17.6 Å². The first kappa shape index (κ1) is 16.9. The number of benzene rings is 2. The number of aromatic nitrogens is 5. The summed E-state index contributed by atoms with van der Waals surface area (Å²) in [5, 5.41) is 13.6. The van der Waals surface area contributed by atoms with E-state index in [0.717, 1.165) is 6.07 Å². The third-order valence-corrected chi connectivity index (χ3v) is 3.65. The third kappa shape index (κ3) is 3.30. The molecule has 0 aliphatic carbocycles. The summed E-state index contributed by atoms with van der Waals surface area (Å²) in [6.45, 7) is 0.0171. The van der Waals surface area contributed by atoms with Gasteiger partial charge in [0.1, 0.15) is 23.7 Å². The van der Waals surface area contributed by atoms with Gasteiger partial charge in [-0.3, -0.25) is 0 Å². The van der Waals surface area contributed by atoms with Crippen LogP contribution in [0.5, 0.6) is 5.75 Å². The first-order chi connectivity index (χ1) is 12.9. The van der Waals surface area contributed by atoms with E-state index < -0.39 is 23.7 Å². The molecule has 0 unspecified atom stereocenters. The average Bonchev–Trinajstić information content (AvgIpc) is 3.29. The largest absolute Gasteiger partial charge is 0.486 e. The number of rotatable bonds is 4. The van der Waals surface area contributed by atoms with Crippen molar-refractivity contribution in [3.63, 3.8) is 0 Å². The van der Waals surface area contributed by atoms with Crippen molar-refractivity contribution in [1.82, 2.24) is 25.6 Å². The second-order valence-corrected chi connectivity index (χ2v) is 5.47. The Hall–Kier alpha value is -3.50. The molecular formula is C16H9F4N5O2. The molecule has 0 bridgehead atoms. The van der Waals surface area contributed by atoms with Crippen LogP contribution in [-0.4, -0.2) is 25.6 Å². The average molecular weight is 379 g/mol. The van der Waals surface area contributed by atoms with E-state index >= 15 is 0 Å². The maximum Gasteiger partial charge on any atom is 0.471 e. The normalized spacial score (nSPS) is 11.9. The molecule has 27 heavy (non-hydrogen) atoms. The van der Waals surface area contributed by atoms with E-state index in [2.05, 4.69) is 30.1 Å². The Morgan fingerprint density at radius 1 is 1.11 bits per heavy atom. The van der Waals surface area contributed by atoms with Crippen LogP contribution in [0.25, 0.3) is 22.4 Å². The fraction of sp³-hybridized carbons (Fsp3) is 0.125. The standard InChI is InChI=1S/C16H9F4N5O2/c17-10-6-8(7-26-12-3-1-2-11-13(12)23-25-22-11)4-5-9(10)14-21-15(27-24-14)16(18,19)20/h1-6H,7H2,(H,22,23,25). The summed E-state index contributed by atoms with van der Waals surface area (Å²) < 4.78 is 61.6. The number of hydrogen-bond donors (Lipinski definition) is 1. The van der Waals surface area contributed by atoms with Crippen LogP contribution in [0.15, 0.2) is 40.9 Å². The number of hydrogen-bond acceptors (Lipinski definition) is 6. The number of nitrogens with one attached hydrogen (secondary N) is 1. The Kier molecular flexibility index (Phi) is 3.98. The maximum atomic E-state index is 14.3. The minimum absolute atomic E-state index is 0.0171. The molecular weight excluding hydrogens is 370 g/mol. The highest BCUT2D eigenvalue weighted by atomic mass is 19.4. The van der Waals surface area contributed by atoms with Gasteiger partial charge in [-0.2, -0.15) is 33.6 Å². The van der Waals surface area contributed by atoms with E-state index in [4.69, 9.17) is 4.74 Å². The molecule has 0 radical (unpaired) electrons. The first-order valence-electron chi connectivity index (χ1n) is 7.54. The highest BCUT2D eigenvalue weighted by Gasteiger charge is 2.38. The van der Waals surface area contributed by atoms with Crippen molar-refractivity contribution in [2.45, 2.75) is 12.8 Å². The van der Waals surface area contributed by atoms with Crippen LogP contribution < -0.4 is 4.74 Å². The lowest BCUT2D eigenvalue weighted by molar-refractivity contribution is -0.159. The predicted octanol–water partition coefficient (Wildman–Crippen LogP) is 3.74. The minimum Gasteiger partial charge on any atom is -0.486 e. The van der Waals surface area contributed by atoms with Crippen molar-refractivity contribution in [1.29, 1.82) is 0 Å². The van der Waals surface area contributed by atoms with E-state index in [1.165, 1.54) is 12.1 Å². The molecule has 1 N–H and O–H groups in total. The number of H-pyrrole nitrogens is 1. The lowest BCUT2D eigenvalue weighted by atomic mass is 10.1. The molecule has 0 amide bonds. The van der Waals surface area contributed by atoms with Crippen LogP contribution in [-0.2, 0) is 12.8 Å². The van der Waals surface area contributed by atoms with Gasteiger partial charge in [0.2, 0.25) is 5.82 Å². The fourth-order valence-corrected chi connectivity index (χ4v) is 2.40. The van der Waals surface area contributed by atoms with Gasteiger partial charge >= 0.3 is 12.1 Å². The van der Waals surface area contributed by atoms with Crippen LogP contribution >= 0.6 is 0 Å². The molecule has 0 saturated carbocycles. The van der Waals surface area contributed by atoms with E-state index in [1.54, 1.807) is 18.2 Å². The Labute approximate surface area is 148 Å². The van der Waals surface area contributed by atoms with Gasteiger partial charge in [-0.05, 0) is 29.8 Å². The summed E-state index contributed by atoms with van der Waals surface area (Å²) in [7, 11) is 0. The molecule has 2 aromatic heterocycles. The lowest BCUT2D eigenvalue weighted by Crippen LogP contribution is -2.05. The topological polar surface area (TPSA) is 89.7 Å². The lowest BCUT2D eigenvalue weighted by Gasteiger charge is -2.07. The SMILES string of the molecule is Fc1cc(COc2cccc3n[nH]nc23)ccc1-c1noc(C(F)(F)F)n1. The minimum atomic E-state index is -4.79. The zero-order chi connectivity index (χ0) is 19.0. The van der Waals surface area contributed by atoms with Gasteiger partial charge in [0.15, 0.2) is 5.52 Å². The summed E-state index contributed by atoms with van der Waals surface area (Å²) in [4.78, 5) is 3.17. The molecule has 0 saturated heterocycles. The van der Waals surface area contributed by atoms with Crippen molar-refractivity contribution in [2.75, 3.05) is 0 Å². The molecule has 138 valence electrons. The van der Waals surface area contributed by atoms with Gasteiger partial charge in [0.05, 0.1) is 5.56 Å². The number of fused-ring (bicyclic) bond motifs is 1. The van der Waals surface area contributed by atoms with Crippen molar-refractivity contribution in [3.05, 3.63) is 53.7 Å². The van der Waals surface area contributed by atoms with Crippen LogP contribution in [0.4, 0.5) is 17.6 Å². The van der Waals surface area contributed by atoms with Gasteiger partial charge < -0.3 is 9.26 Å². The smallest absolute Gasteiger partial charge is 0.471 e. The zero-order valence-corrected chi connectivity index (χ0v) is 13.3. The second-order valence-electron chi connectivity index (χ2n) is 5.47. The second kappa shape index (κ2) is 6.34. The molecule has 4 rings (SSSR count). The van der Waals surface area contributed by atoms with Crippen LogP contribution in [0.3, 0.4) is 0 Å². The molecule has 0 aliphatic heterocycles. The monoisotopic (exact) mass is 379 g/mol. The van der Waals surface area contributed by atoms with Crippen molar-refractivity contribution in [2.24, 2.45) is 0 Å².